The van der Waals surface area contributed by atoms with E-state index in [-0.39, 0.29) is 40.8 Å². The molecule has 2 N–H and O–H groups in total. The van der Waals surface area contributed by atoms with Gasteiger partial charge in [-0.25, -0.2) is 9.18 Å². The first kappa shape index (κ1) is 23.8. The maximum Gasteiger partial charge on any atom is 0.341 e. The van der Waals surface area contributed by atoms with Crippen LogP contribution in [0.4, 0.5) is 4.39 Å². The molecule has 6 nitrogen and oxygen atoms in total. The van der Waals surface area contributed by atoms with E-state index in [4.69, 9.17) is 16.3 Å². The number of carboxylic acid groups (broad SMARTS) is 1. The molecular weight excluding hydrogens is 437 g/mol. The van der Waals surface area contributed by atoms with Gasteiger partial charge in [0.25, 0.3) is 0 Å². The number of nitrogens with zero attached hydrogens (tertiary/aromatic N) is 1. The fourth-order valence-electron chi connectivity index (χ4n) is 3.85. The Hall–Kier alpha value is -2.90. The van der Waals surface area contributed by atoms with Gasteiger partial charge in [-0.3, -0.25) is 4.79 Å². The van der Waals surface area contributed by atoms with Crippen LogP contribution in [0.1, 0.15) is 54.8 Å². The molecular formula is C24H25ClFNO5. The lowest BCUT2D eigenvalue weighted by molar-refractivity contribution is 0.0692. The number of pyridine rings is 1. The molecule has 0 aliphatic rings. The van der Waals surface area contributed by atoms with E-state index in [0.29, 0.717) is 17.7 Å². The number of carboxylic acids is 1. The standard InChI is InChI=1S/C24H25ClFNO5/c1-4-15(12-28)27-19-11-16(32-13(2)3)8-9-17(19)23(29)21(24(30)31)20(27)10-14-6-5-7-18(25)22(14)26/h5-9,11,13,15,28H,4,10,12H2,1-3H3,(H,30,31). The summed E-state index contributed by atoms with van der Waals surface area (Å²) in [6.07, 6.45) is 0.143. The number of ether oxygens (including phenoxy) is 1. The Bertz CT molecular complexity index is 1220. The summed E-state index contributed by atoms with van der Waals surface area (Å²) in [5.41, 5.74) is -0.475. The zero-order chi connectivity index (χ0) is 23.6. The summed E-state index contributed by atoms with van der Waals surface area (Å²) < 4.78 is 22.1. The monoisotopic (exact) mass is 461 g/mol. The van der Waals surface area contributed by atoms with Crippen LogP contribution in [0.5, 0.6) is 5.75 Å². The van der Waals surface area contributed by atoms with Gasteiger partial charge >= 0.3 is 5.97 Å². The molecule has 32 heavy (non-hydrogen) atoms. The molecule has 3 aromatic rings. The van der Waals surface area contributed by atoms with Gasteiger partial charge in [0.1, 0.15) is 17.1 Å². The van der Waals surface area contributed by atoms with E-state index in [0.717, 1.165) is 0 Å². The van der Waals surface area contributed by atoms with Gasteiger partial charge in [0.2, 0.25) is 5.43 Å². The number of hydrogen-bond acceptors (Lipinski definition) is 4. The predicted molar refractivity (Wildman–Crippen MR) is 122 cm³/mol. The Morgan fingerprint density at radius 3 is 2.56 bits per heavy atom. The first-order chi connectivity index (χ1) is 15.2. The second-order valence-corrected chi connectivity index (χ2v) is 8.21. The SMILES string of the molecule is CCC(CO)n1c(Cc2cccc(Cl)c2F)c(C(=O)O)c(=O)c2ccc(OC(C)C)cc21. The molecule has 170 valence electrons. The number of aromatic nitrogens is 1. The highest BCUT2D eigenvalue weighted by molar-refractivity contribution is 6.30. The summed E-state index contributed by atoms with van der Waals surface area (Å²) in [5.74, 6) is -1.60. The summed E-state index contributed by atoms with van der Waals surface area (Å²) in [7, 11) is 0. The molecule has 0 spiro atoms. The number of fused-ring (bicyclic) bond motifs is 1. The lowest BCUT2D eigenvalue weighted by atomic mass is 9.99. The second-order valence-electron chi connectivity index (χ2n) is 7.81. The lowest BCUT2D eigenvalue weighted by Crippen LogP contribution is -2.28. The number of benzene rings is 2. The molecule has 0 bridgehead atoms. The number of hydrogen-bond donors (Lipinski definition) is 2. The second kappa shape index (κ2) is 9.71. The van der Waals surface area contributed by atoms with Gasteiger partial charge < -0.3 is 19.5 Å². The third kappa shape index (κ3) is 4.49. The first-order valence-electron chi connectivity index (χ1n) is 10.3. The molecule has 0 fully saturated rings. The van der Waals surface area contributed by atoms with Crippen LogP contribution in [0.3, 0.4) is 0 Å². The normalized spacial score (nSPS) is 12.3. The summed E-state index contributed by atoms with van der Waals surface area (Å²) in [6, 6.07) is 8.68. The van der Waals surface area contributed by atoms with Crippen molar-refractivity contribution >= 4 is 28.5 Å². The highest BCUT2D eigenvalue weighted by Crippen LogP contribution is 2.30. The minimum atomic E-state index is -1.42. The van der Waals surface area contributed by atoms with Gasteiger partial charge in [-0.2, -0.15) is 0 Å². The van der Waals surface area contributed by atoms with E-state index < -0.39 is 28.8 Å². The lowest BCUT2D eigenvalue weighted by Gasteiger charge is -2.26. The third-order valence-electron chi connectivity index (χ3n) is 5.30. The zero-order valence-electron chi connectivity index (χ0n) is 18.1. The van der Waals surface area contributed by atoms with Crippen molar-refractivity contribution in [2.75, 3.05) is 6.61 Å². The van der Waals surface area contributed by atoms with Gasteiger partial charge in [0.15, 0.2) is 0 Å². The molecule has 8 heteroatoms. The van der Waals surface area contributed by atoms with Gasteiger partial charge in [-0.1, -0.05) is 30.7 Å². The molecule has 0 aliphatic carbocycles. The van der Waals surface area contributed by atoms with Crippen LogP contribution in [0.25, 0.3) is 10.9 Å². The minimum Gasteiger partial charge on any atom is -0.491 e. The average molecular weight is 462 g/mol. The Balaban J connectivity index is 2.43. The van der Waals surface area contributed by atoms with Crippen molar-refractivity contribution in [1.82, 2.24) is 4.57 Å². The molecule has 2 aromatic carbocycles. The zero-order valence-corrected chi connectivity index (χ0v) is 18.8. The van der Waals surface area contributed by atoms with Crippen molar-refractivity contribution in [3.63, 3.8) is 0 Å². The Kier molecular flexibility index (Phi) is 7.21. The molecule has 0 amide bonds. The highest BCUT2D eigenvalue weighted by Gasteiger charge is 2.26. The van der Waals surface area contributed by atoms with Crippen LogP contribution in [0.15, 0.2) is 41.2 Å². The van der Waals surface area contributed by atoms with Crippen LogP contribution in [-0.4, -0.2) is 33.5 Å². The van der Waals surface area contributed by atoms with Crippen molar-refractivity contribution in [1.29, 1.82) is 0 Å². The molecule has 0 radical (unpaired) electrons. The van der Waals surface area contributed by atoms with Gasteiger partial charge in [-0.15, -0.1) is 0 Å². The van der Waals surface area contributed by atoms with E-state index in [1.807, 2.05) is 20.8 Å². The van der Waals surface area contributed by atoms with E-state index in [2.05, 4.69) is 0 Å². The predicted octanol–water partition coefficient (Wildman–Crippen LogP) is 4.81. The minimum absolute atomic E-state index is 0.0961. The largest absolute Gasteiger partial charge is 0.491 e. The molecule has 0 saturated heterocycles. The Morgan fingerprint density at radius 1 is 1.25 bits per heavy atom. The summed E-state index contributed by atoms with van der Waals surface area (Å²) >= 11 is 5.92. The van der Waals surface area contributed by atoms with Crippen molar-refractivity contribution in [2.45, 2.75) is 45.8 Å². The van der Waals surface area contributed by atoms with Crippen LogP contribution in [0.2, 0.25) is 5.02 Å². The molecule has 1 aromatic heterocycles. The van der Waals surface area contributed by atoms with Crippen LogP contribution in [-0.2, 0) is 6.42 Å². The molecule has 0 aliphatic heterocycles. The fourth-order valence-corrected chi connectivity index (χ4v) is 4.04. The summed E-state index contributed by atoms with van der Waals surface area (Å²) in [4.78, 5) is 25.4. The van der Waals surface area contributed by atoms with Gasteiger partial charge in [0, 0.05) is 23.6 Å². The number of rotatable bonds is 8. The molecule has 1 atom stereocenters. The van der Waals surface area contributed by atoms with Crippen LogP contribution < -0.4 is 10.2 Å². The number of halogens is 2. The van der Waals surface area contributed by atoms with Gasteiger partial charge in [-0.05, 0) is 44.0 Å². The number of aliphatic hydroxyl groups excluding tert-OH is 1. The molecule has 0 saturated carbocycles. The van der Waals surface area contributed by atoms with E-state index in [9.17, 15) is 24.2 Å². The van der Waals surface area contributed by atoms with E-state index >= 15 is 0 Å². The maximum atomic E-state index is 14.7. The van der Waals surface area contributed by atoms with E-state index in [1.165, 1.54) is 18.2 Å². The number of aliphatic hydroxyl groups is 1. The van der Waals surface area contributed by atoms with E-state index in [1.54, 1.807) is 22.8 Å². The number of aromatic carboxylic acids is 1. The fraction of sp³-hybridized carbons (Fsp3) is 0.333. The number of carbonyl (C=O) groups is 1. The van der Waals surface area contributed by atoms with Crippen molar-refractivity contribution in [3.8, 4) is 5.75 Å². The maximum absolute atomic E-state index is 14.7. The average Bonchev–Trinajstić information content (AvgIpc) is 2.73. The van der Waals surface area contributed by atoms with Gasteiger partial charge in [0.05, 0.1) is 29.3 Å². The molecule has 1 heterocycles. The first-order valence-corrected chi connectivity index (χ1v) is 10.7. The van der Waals surface area contributed by atoms with Crippen LogP contribution in [0, 0.1) is 5.82 Å². The van der Waals surface area contributed by atoms with Crippen molar-refractivity contribution in [3.05, 3.63) is 74.3 Å². The Morgan fingerprint density at radius 2 is 1.97 bits per heavy atom. The van der Waals surface area contributed by atoms with Crippen molar-refractivity contribution in [2.24, 2.45) is 0 Å². The van der Waals surface area contributed by atoms with Crippen LogP contribution >= 0.6 is 11.6 Å². The Labute approximate surface area is 189 Å². The molecule has 3 rings (SSSR count). The highest BCUT2D eigenvalue weighted by atomic mass is 35.5. The smallest absolute Gasteiger partial charge is 0.341 e. The summed E-state index contributed by atoms with van der Waals surface area (Å²) in [6.45, 7) is 5.26. The third-order valence-corrected chi connectivity index (χ3v) is 5.59. The topological polar surface area (TPSA) is 88.8 Å². The summed E-state index contributed by atoms with van der Waals surface area (Å²) in [5, 5.41) is 20.1. The molecule has 1 unspecified atom stereocenters. The van der Waals surface area contributed by atoms with Crippen molar-refractivity contribution < 1.29 is 24.1 Å². The quantitative estimate of drug-likeness (QED) is 0.502.